The van der Waals surface area contributed by atoms with Gasteiger partial charge in [0, 0.05) is 4.47 Å². The van der Waals surface area contributed by atoms with Gasteiger partial charge in [-0.2, -0.15) is 17.9 Å². The second-order valence-corrected chi connectivity index (χ2v) is 9.36. The number of halogens is 1. The Kier molecular flexibility index (Phi) is 4.65. The van der Waals surface area contributed by atoms with Crippen LogP contribution in [0.5, 0.6) is 0 Å². The molecule has 6 nitrogen and oxygen atoms in total. The number of nitrogens with zero attached hydrogens (tertiary/aromatic N) is 2. The third-order valence-corrected chi connectivity index (χ3v) is 6.76. The zero-order valence-electron chi connectivity index (χ0n) is 14.5. The number of carbonyl (C=O) groups is 1. The Labute approximate surface area is 166 Å². The van der Waals surface area contributed by atoms with Gasteiger partial charge in [-0.15, -0.1) is 0 Å². The molecule has 0 aliphatic carbocycles. The highest BCUT2D eigenvalue weighted by Gasteiger charge is 2.43. The number of benzene rings is 2. The SMILES string of the molecule is Cc1ccc(S(=O)(=O)N2C[C@@H](c3cccc(Br)c3)C(C(=O)[C@H]3CO3)=N2)cc1. The van der Waals surface area contributed by atoms with Crippen molar-refractivity contribution in [1.82, 2.24) is 4.41 Å². The molecule has 2 atom stereocenters. The van der Waals surface area contributed by atoms with Crippen molar-refractivity contribution in [3.63, 3.8) is 0 Å². The molecule has 2 aliphatic rings. The summed E-state index contributed by atoms with van der Waals surface area (Å²) in [4.78, 5) is 12.8. The molecule has 2 aliphatic heterocycles. The van der Waals surface area contributed by atoms with Gasteiger partial charge in [0.25, 0.3) is 10.0 Å². The van der Waals surface area contributed by atoms with Crippen LogP contribution in [0.3, 0.4) is 0 Å². The molecule has 27 heavy (non-hydrogen) atoms. The lowest BCUT2D eigenvalue weighted by atomic mass is 9.92. The Morgan fingerprint density at radius 3 is 2.56 bits per heavy atom. The summed E-state index contributed by atoms with van der Waals surface area (Å²) in [6.45, 7) is 2.33. The maximum absolute atomic E-state index is 13.0. The van der Waals surface area contributed by atoms with Gasteiger partial charge < -0.3 is 4.74 Å². The van der Waals surface area contributed by atoms with Gasteiger partial charge in [-0.25, -0.2) is 0 Å². The maximum atomic E-state index is 13.0. The summed E-state index contributed by atoms with van der Waals surface area (Å²) in [5.41, 5.74) is 2.03. The molecule has 8 heteroatoms. The van der Waals surface area contributed by atoms with Gasteiger partial charge in [-0.05, 0) is 36.8 Å². The standard InChI is InChI=1S/C19H17BrN2O4S/c1-12-5-7-15(8-6-12)27(24,25)22-10-16(13-3-2-4-14(20)9-13)18(21-22)19(23)17-11-26-17/h2-9,16-17H,10-11H2,1H3/t16-,17+/m0/s1. The Morgan fingerprint density at radius 1 is 1.22 bits per heavy atom. The van der Waals surface area contributed by atoms with Crippen molar-refractivity contribution < 1.29 is 17.9 Å². The molecule has 4 rings (SSSR count). The molecular weight excluding hydrogens is 432 g/mol. The summed E-state index contributed by atoms with van der Waals surface area (Å²) in [5.74, 6) is -0.680. The molecule has 0 unspecified atom stereocenters. The smallest absolute Gasteiger partial charge is 0.279 e. The number of carbonyl (C=O) groups excluding carboxylic acids is 1. The molecule has 0 N–H and O–H groups in total. The summed E-state index contributed by atoms with van der Waals surface area (Å²) < 4.78 is 33.0. The number of rotatable bonds is 5. The number of Topliss-reactive ketones (excluding diaryl/α,β-unsaturated/α-hetero) is 1. The zero-order chi connectivity index (χ0) is 19.2. The van der Waals surface area contributed by atoms with E-state index in [4.69, 9.17) is 4.74 Å². The zero-order valence-corrected chi connectivity index (χ0v) is 16.9. The van der Waals surface area contributed by atoms with Crippen molar-refractivity contribution >= 4 is 37.4 Å². The Hall–Kier alpha value is -2.03. The van der Waals surface area contributed by atoms with Crippen molar-refractivity contribution in [2.75, 3.05) is 13.2 Å². The van der Waals surface area contributed by atoms with Gasteiger partial charge in [0.1, 0.15) is 11.8 Å². The number of hydrogen-bond acceptors (Lipinski definition) is 5. The van der Waals surface area contributed by atoms with Crippen LogP contribution in [0.25, 0.3) is 0 Å². The fourth-order valence-electron chi connectivity index (χ4n) is 3.03. The number of epoxide rings is 1. The minimum absolute atomic E-state index is 0.0838. The number of ketones is 1. The summed E-state index contributed by atoms with van der Waals surface area (Å²) in [7, 11) is -3.84. The summed E-state index contributed by atoms with van der Waals surface area (Å²) in [6.07, 6.45) is -0.513. The number of ether oxygens (including phenoxy) is 1. The predicted molar refractivity (Wildman–Crippen MR) is 104 cm³/mol. The molecule has 1 fully saturated rings. The third-order valence-electron chi connectivity index (χ3n) is 4.61. The Balaban J connectivity index is 1.72. The first-order valence-electron chi connectivity index (χ1n) is 8.45. The Morgan fingerprint density at radius 2 is 1.93 bits per heavy atom. The second kappa shape index (κ2) is 6.85. The highest BCUT2D eigenvalue weighted by Crippen LogP contribution is 2.32. The topological polar surface area (TPSA) is 79.3 Å². The van der Waals surface area contributed by atoms with E-state index in [0.29, 0.717) is 6.61 Å². The lowest BCUT2D eigenvalue weighted by Gasteiger charge is -2.17. The monoisotopic (exact) mass is 448 g/mol. The average Bonchev–Trinajstić information content (AvgIpc) is 3.39. The second-order valence-electron chi connectivity index (χ2n) is 6.60. The molecule has 2 aromatic carbocycles. The van der Waals surface area contributed by atoms with Crippen LogP contribution in [0.15, 0.2) is 63.0 Å². The summed E-state index contributed by atoms with van der Waals surface area (Å²) in [5, 5.41) is 4.22. The highest BCUT2D eigenvalue weighted by atomic mass is 79.9. The van der Waals surface area contributed by atoms with Crippen molar-refractivity contribution in [2.45, 2.75) is 23.8 Å². The van der Waals surface area contributed by atoms with E-state index in [1.165, 1.54) is 0 Å². The van der Waals surface area contributed by atoms with Crippen LogP contribution in [0.1, 0.15) is 17.0 Å². The average molecular weight is 449 g/mol. The van der Waals surface area contributed by atoms with Crippen LogP contribution in [-0.4, -0.2) is 43.6 Å². The first kappa shape index (κ1) is 18.3. The molecular formula is C19H17BrN2O4S. The van der Waals surface area contributed by atoms with E-state index in [1.54, 1.807) is 24.3 Å². The van der Waals surface area contributed by atoms with Crippen LogP contribution in [0.2, 0.25) is 0 Å². The van der Waals surface area contributed by atoms with Crippen molar-refractivity contribution in [3.8, 4) is 0 Å². The molecule has 1 saturated heterocycles. The van der Waals surface area contributed by atoms with E-state index in [-0.39, 0.29) is 22.9 Å². The van der Waals surface area contributed by atoms with Gasteiger partial charge in [0.05, 0.1) is 24.0 Å². The number of hydrazone groups is 1. The lowest BCUT2D eigenvalue weighted by Crippen LogP contribution is -2.27. The molecule has 0 aromatic heterocycles. The van der Waals surface area contributed by atoms with E-state index in [9.17, 15) is 13.2 Å². The number of sulfonamides is 1. The maximum Gasteiger partial charge on any atom is 0.279 e. The largest absolute Gasteiger partial charge is 0.364 e. The predicted octanol–water partition coefficient (Wildman–Crippen LogP) is 2.87. The molecule has 0 radical (unpaired) electrons. The van der Waals surface area contributed by atoms with Crippen molar-refractivity contribution in [2.24, 2.45) is 5.10 Å². The van der Waals surface area contributed by atoms with E-state index >= 15 is 0 Å². The first-order valence-corrected chi connectivity index (χ1v) is 10.7. The van der Waals surface area contributed by atoms with Gasteiger partial charge in [-0.3, -0.25) is 4.79 Å². The fourth-order valence-corrected chi connectivity index (χ4v) is 4.71. The van der Waals surface area contributed by atoms with E-state index < -0.39 is 22.0 Å². The van der Waals surface area contributed by atoms with Crippen LogP contribution >= 0.6 is 15.9 Å². The first-order chi connectivity index (χ1) is 12.9. The molecule has 0 amide bonds. The minimum atomic E-state index is -3.84. The van der Waals surface area contributed by atoms with Crippen LogP contribution in [0.4, 0.5) is 0 Å². The van der Waals surface area contributed by atoms with Crippen molar-refractivity contribution in [3.05, 3.63) is 64.1 Å². The number of hydrogen-bond donors (Lipinski definition) is 0. The minimum Gasteiger partial charge on any atom is -0.364 e. The third kappa shape index (κ3) is 3.56. The quantitative estimate of drug-likeness (QED) is 0.658. The van der Waals surface area contributed by atoms with E-state index in [1.807, 2.05) is 31.2 Å². The van der Waals surface area contributed by atoms with Gasteiger partial charge in [0.2, 0.25) is 5.78 Å². The summed E-state index contributed by atoms with van der Waals surface area (Å²) >= 11 is 3.42. The van der Waals surface area contributed by atoms with E-state index in [2.05, 4.69) is 21.0 Å². The molecule has 140 valence electrons. The van der Waals surface area contributed by atoms with Gasteiger partial charge in [0.15, 0.2) is 0 Å². The molecule has 2 aromatic rings. The number of aryl methyl sites for hydroxylation is 1. The van der Waals surface area contributed by atoms with Crippen LogP contribution in [-0.2, 0) is 19.6 Å². The summed E-state index contributed by atoms with van der Waals surface area (Å²) in [6, 6.07) is 14.1. The lowest BCUT2D eigenvalue weighted by molar-refractivity contribution is -0.114. The molecule has 2 heterocycles. The van der Waals surface area contributed by atoms with Gasteiger partial charge >= 0.3 is 0 Å². The van der Waals surface area contributed by atoms with Crippen LogP contribution in [0, 0.1) is 6.92 Å². The highest BCUT2D eigenvalue weighted by molar-refractivity contribution is 9.10. The fraction of sp³-hybridized carbons (Fsp3) is 0.263. The normalized spacial score (nSPS) is 21.9. The molecule has 0 spiro atoms. The Bertz CT molecular complexity index is 1030. The van der Waals surface area contributed by atoms with Crippen LogP contribution < -0.4 is 0 Å². The van der Waals surface area contributed by atoms with E-state index in [0.717, 1.165) is 20.0 Å². The molecule has 0 bridgehead atoms. The van der Waals surface area contributed by atoms with Gasteiger partial charge in [-0.1, -0.05) is 45.8 Å². The molecule has 0 saturated carbocycles. The van der Waals surface area contributed by atoms with Crippen molar-refractivity contribution in [1.29, 1.82) is 0 Å².